The lowest BCUT2D eigenvalue weighted by Gasteiger charge is -2.18. The van der Waals surface area contributed by atoms with Crippen LogP contribution in [0.4, 0.5) is 0 Å². The van der Waals surface area contributed by atoms with E-state index in [1.54, 1.807) is 42.0 Å². The fraction of sp³-hybridized carbons (Fsp3) is 0.267. The molecular weight excluding hydrogens is 320 g/mol. The summed E-state index contributed by atoms with van der Waals surface area (Å²) in [5.74, 6) is 0.955. The summed E-state index contributed by atoms with van der Waals surface area (Å²) >= 11 is 5.34. The standard InChI is InChI=1S/C15H14N2OS3/c1-18-11-4-3-9(10-5-8-20-13(10)11)12-14(19-2)21-15-16-6-7-17(12)15/h3-5,8H,6-7H2,1-2H3. The summed E-state index contributed by atoms with van der Waals surface area (Å²) in [5, 5.41) is 4.56. The first-order chi connectivity index (χ1) is 10.3. The number of benzene rings is 1. The zero-order valence-electron chi connectivity index (χ0n) is 11.8. The van der Waals surface area contributed by atoms with Crippen molar-refractivity contribution in [3.8, 4) is 5.75 Å². The van der Waals surface area contributed by atoms with Crippen LogP contribution in [0.3, 0.4) is 0 Å². The molecule has 3 nitrogen and oxygen atoms in total. The van der Waals surface area contributed by atoms with Gasteiger partial charge in [0.1, 0.15) is 5.75 Å². The second-order valence-electron chi connectivity index (χ2n) is 4.74. The van der Waals surface area contributed by atoms with Gasteiger partial charge < -0.3 is 9.64 Å². The Morgan fingerprint density at radius 1 is 1.33 bits per heavy atom. The third-order valence-electron chi connectivity index (χ3n) is 3.69. The fourth-order valence-corrected chi connectivity index (χ4v) is 5.57. The lowest BCUT2D eigenvalue weighted by Crippen LogP contribution is -2.20. The van der Waals surface area contributed by atoms with Gasteiger partial charge in [0, 0.05) is 17.5 Å². The van der Waals surface area contributed by atoms with E-state index in [4.69, 9.17) is 4.74 Å². The minimum Gasteiger partial charge on any atom is -0.495 e. The van der Waals surface area contributed by atoms with Crippen molar-refractivity contribution in [1.29, 1.82) is 0 Å². The van der Waals surface area contributed by atoms with Crippen molar-refractivity contribution in [3.63, 3.8) is 0 Å². The number of amidine groups is 1. The second-order valence-corrected chi connectivity index (χ2v) is 7.71. The van der Waals surface area contributed by atoms with E-state index in [0.29, 0.717) is 0 Å². The number of aliphatic imine (C=N–C) groups is 1. The number of methoxy groups -OCH3 is 1. The van der Waals surface area contributed by atoms with Crippen LogP contribution in [0.25, 0.3) is 15.8 Å². The van der Waals surface area contributed by atoms with Crippen molar-refractivity contribution in [2.45, 2.75) is 0 Å². The van der Waals surface area contributed by atoms with E-state index in [-0.39, 0.29) is 0 Å². The molecule has 0 bridgehead atoms. The van der Waals surface area contributed by atoms with Crippen molar-refractivity contribution in [1.82, 2.24) is 4.90 Å². The lowest BCUT2D eigenvalue weighted by molar-refractivity contribution is 0.420. The smallest absolute Gasteiger partial charge is 0.169 e. The molecule has 3 heterocycles. The molecule has 0 N–H and O–H groups in total. The molecule has 0 saturated carbocycles. The monoisotopic (exact) mass is 334 g/mol. The molecule has 0 radical (unpaired) electrons. The summed E-state index contributed by atoms with van der Waals surface area (Å²) in [7, 11) is 1.73. The van der Waals surface area contributed by atoms with Gasteiger partial charge in [-0.1, -0.05) is 0 Å². The van der Waals surface area contributed by atoms with Crippen LogP contribution in [0.5, 0.6) is 5.75 Å². The number of fused-ring (bicyclic) bond motifs is 2. The van der Waals surface area contributed by atoms with Crippen LogP contribution >= 0.6 is 34.9 Å². The van der Waals surface area contributed by atoms with Crippen LogP contribution in [0, 0.1) is 0 Å². The zero-order valence-corrected chi connectivity index (χ0v) is 14.2. The van der Waals surface area contributed by atoms with E-state index >= 15 is 0 Å². The highest BCUT2D eigenvalue weighted by Crippen LogP contribution is 2.48. The minimum atomic E-state index is 0.899. The molecule has 2 aromatic rings. The summed E-state index contributed by atoms with van der Waals surface area (Å²) in [4.78, 5) is 6.96. The van der Waals surface area contributed by atoms with Gasteiger partial charge >= 0.3 is 0 Å². The zero-order chi connectivity index (χ0) is 14.4. The molecule has 108 valence electrons. The molecule has 0 atom stereocenters. The molecule has 6 heteroatoms. The summed E-state index contributed by atoms with van der Waals surface area (Å²) in [5.41, 5.74) is 2.60. The van der Waals surface area contributed by atoms with Gasteiger partial charge in [0.25, 0.3) is 0 Å². The van der Waals surface area contributed by atoms with E-state index in [2.05, 4.69) is 39.7 Å². The topological polar surface area (TPSA) is 24.8 Å². The Hall–Kier alpha value is -1.11. The summed E-state index contributed by atoms with van der Waals surface area (Å²) in [6, 6.07) is 6.45. The van der Waals surface area contributed by atoms with Crippen LogP contribution in [-0.4, -0.2) is 36.5 Å². The first-order valence-electron chi connectivity index (χ1n) is 6.66. The maximum absolute atomic E-state index is 5.49. The number of thioether (sulfide) groups is 2. The van der Waals surface area contributed by atoms with Crippen molar-refractivity contribution in [3.05, 3.63) is 33.4 Å². The molecule has 0 spiro atoms. The van der Waals surface area contributed by atoms with E-state index in [9.17, 15) is 0 Å². The molecule has 0 saturated heterocycles. The Balaban J connectivity index is 1.93. The number of hydrogen-bond donors (Lipinski definition) is 0. The van der Waals surface area contributed by atoms with Gasteiger partial charge in [-0.05, 0) is 41.6 Å². The Kier molecular flexibility index (Phi) is 3.40. The number of rotatable bonds is 3. The molecule has 2 aliphatic rings. The summed E-state index contributed by atoms with van der Waals surface area (Å²) in [6.45, 7) is 1.88. The van der Waals surface area contributed by atoms with Gasteiger partial charge in [0.2, 0.25) is 0 Å². The third-order valence-corrected chi connectivity index (χ3v) is 6.84. The average Bonchev–Trinajstić information content (AvgIpc) is 3.20. The molecule has 0 fully saturated rings. The maximum atomic E-state index is 5.49. The molecule has 0 amide bonds. The largest absolute Gasteiger partial charge is 0.495 e. The van der Waals surface area contributed by atoms with Crippen molar-refractivity contribution >= 4 is 55.8 Å². The molecule has 0 unspecified atom stereocenters. The van der Waals surface area contributed by atoms with Crippen LogP contribution in [0.15, 0.2) is 32.8 Å². The van der Waals surface area contributed by atoms with Crippen LogP contribution in [-0.2, 0) is 0 Å². The van der Waals surface area contributed by atoms with Gasteiger partial charge in [0.05, 0.1) is 28.3 Å². The normalized spacial score (nSPS) is 17.6. The Bertz CT molecular complexity index is 778. The highest BCUT2D eigenvalue weighted by atomic mass is 32.2. The van der Waals surface area contributed by atoms with Gasteiger partial charge in [-0.15, -0.1) is 23.1 Å². The second kappa shape index (κ2) is 5.26. The Morgan fingerprint density at radius 3 is 3.05 bits per heavy atom. The number of thiophene rings is 1. The van der Waals surface area contributed by atoms with Crippen molar-refractivity contribution in [2.75, 3.05) is 26.5 Å². The van der Waals surface area contributed by atoms with Crippen molar-refractivity contribution < 1.29 is 4.74 Å². The van der Waals surface area contributed by atoms with Crippen LogP contribution < -0.4 is 4.74 Å². The number of nitrogens with zero attached hydrogens (tertiary/aromatic N) is 2. The molecule has 4 rings (SSSR count). The van der Waals surface area contributed by atoms with Crippen LogP contribution in [0.2, 0.25) is 0 Å². The highest BCUT2D eigenvalue weighted by molar-refractivity contribution is 8.30. The molecular formula is C15H14N2OS3. The fourth-order valence-electron chi connectivity index (χ4n) is 2.76. The SMILES string of the molecule is COc1ccc(C2=C(SC)SC3=NCCN32)c2ccsc12. The predicted octanol–water partition coefficient (Wildman–Crippen LogP) is 4.32. The van der Waals surface area contributed by atoms with Gasteiger partial charge in [-0.2, -0.15) is 0 Å². The summed E-state index contributed by atoms with van der Waals surface area (Å²) < 4.78 is 8.05. The van der Waals surface area contributed by atoms with E-state index < -0.39 is 0 Å². The lowest BCUT2D eigenvalue weighted by atomic mass is 10.1. The molecule has 21 heavy (non-hydrogen) atoms. The number of hydrogen-bond acceptors (Lipinski definition) is 6. The van der Waals surface area contributed by atoms with Gasteiger partial charge in [0.15, 0.2) is 5.17 Å². The highest BCUT2D eigenvalue weighted by Gasteiger charge is 2.33. The first kappa shape index (κ1) is 13.5. The summed E-state index contributed by atoms with van der Waals surface area (Å²) in [6.07, 6.45) is 2.14. The molecule has 2 aliphatic heterocycles. The molecule has 1 aromatic carbocycles. The Labute approximate surface area is 136 Å². The molecule has 1 aromatic heterocycles. The van der Waals surface area contributed by atoms with E-state index in [1.165, 1.54) is 25.6 Å². The quantitative estimate of drug-likeness (QED) is 0.835. The number of ether oxygens (including phenoxy) is 1. The van der Waals surface area contributed by atoms with Gasteiger partial charge in [-0.3, -0.25) is 4.99 Å². The first-order valence-corrected chi connectivity index (χ1v) is 9.58. The minimum absolute atomic E-state index is 0.899. The van der Waals surface area contributed by atoms with E-state index in [0.717, 1.165) is 24.0 Å². The van der Waals surface area contributed by atoms with Gasteiger partial charge in [-0.25, -0.2) is 0 Å². The third kappa shape index (κ3) is 2.00. The predicted molar refractivity (Wildman–Crippen MR) is 95.4 cm³/mol. The van der Waals surface area contributed by atoms with E-state index in [1.807, 2.05) is 0 Å². The Morgan fingerprint density at radius 2 is 2.24 bits per heavy atom. The average molecular weight is 334 g/mol. The molecule has 0 aliphatic carbocycles. The van der Waals surface area contributed by atoms with Crippen molar-refractivity contribution in [2.24, 2.45) is 4.99 Å². The maximum Gasteiger partial charge on any atom is 0.169 e. The van der Waals surface area contributed by atoms with Crippen LogP contribution in [0.1, 0.15) is 5.56 Å².